The van der Waals surface area contributed by atoms with Crippen LogP contribution in [0.1, 0.15) is 32.1 Å². The Bertz CT molecular complexity index is 495. The first-order valence-electron chi connectivity index (χ1n) is 7.96. The van der Waals surface area contributed by atoms with Crippen molar-refractivity contribution in [2.75, 3.05) is 25.5 Å². The number of hydrogen-bond donors (Lipinski definition) is 2. The summed E-state index contributed by atoms with van der Waals surface area (Å²) >= 11 is 0. The number of aliphatic hydroxyl groups is 1. The lowest BCUT2D eigenvalue weighted by Crippen LogP contribution is -2.36. The van der Waals surface area contributed by atoms with E-state index in [2.05, 4.69) is 10.2 Å². The van der Waals surface area contributed by atoms with Crippen LogP contribution in [-0.4, -0.2) is 42.2 Å². The van der Waals surface area contributed by atoms with Crippen molar-refractivity contribution < 1.29 is 14.3 Å². The molecule has 4 nitrogen and oxygen atoms in total. The van der Waals surface area contributed by atoms with Crippen LogP contribution in [-0.2, 0) is 4.79 Å². The van der Waals surface area contributed by atoms with Crippen LogP contribution in [0, 0.1) is 11.7 Å². The molecule has 0 saturated heterocycles. The predicted molar refractivity (Wildman–Crippen MR) is 85.1 cm³/mol. The maximum Gasteiger partial charge on any atom is 0.225 e. The molecule has 0 aromatic heterocycles. The second-order valence-corrected chi connectivity index (χ2v) is 6.18. The van der Waals surface area contributed by atoms with E-state index in [0.29, 0.717) is 24.6 Å². The number of benzene rings is 1. The van der Waals surface area contributed by atoms with Gasteiger partial charge in [-0.25, -0.2) is 4.39 Å². The van der Waals surface area contributed by atoms with Gasteiger partial charge in [0.1, 0.15) is 5.82 Å². The normalized spacial score (nSPS) is 21.8. The Kier molecular flexibility index (Phi) is 6.34. The second kappa shape index (κ2) is 8.25. The summed E-state index contributed by atoms with van der Waals surface area (Å²) in [5.41, 5.74) is 0.482. The van der Waals surface area contributed by atoms with Crippen LogP contribution in [0.25, 0.3) is 0 Å². The first-order chi connectivity index (χ1) is 10.5. The molecule has 2 atom stereocenters. The fraction of sp³-hybridized carbons (Fsp3) is 0.588. The molecule has 1 aliphatic rings. The zero-order valence-electron chi connectivity index (χ0n) is 13.1. The SMILES string of the molecule is CN(CCC(=O)Nc1cccc(F)c1)CC1CCCCC1O. The Morgan fingerprint density at radius 1 is 1.41 bits per heavy atom. The minimum Gasteiger partial charge on any atom is -0.393 e. The van der Waals surface area contributed by atoms with E-state index in [0.717, 1.165) is 25.8 Å². The van der Waals surface area contributed by atoms with Crippen molar-refractivity contribution in [1.82, 2.24) is 4.90 Å². The van der Waals surface area contributed by atoms with Gasteiger partial charge in [0.15, 0.2) is 0 Å². The summed E-state index contributed by atoms with van der Waals surface area (Å²) in [6, 6.07) is 5.89. The smallest absolute Gasteiger partial charge is 0.225 e. The lowest BCUT2D eigenvalue weighted by molar-refractivity contribution is -0.116. The van der Waals surface area contributed by atoms with Crippen LogP contribution in [0.4, 0.5) is 10.1 Å². The van der Waals surface area contributed by atoms with Crippen LogP contribution in [0.15, 0.2) is 24.3 Å². The maximum atomic E-state index is 13.0. The lowest BCUT2D eigenvalue weighted by Gasteiger charge is -2.31. The number of hydrogen-bond acceptors (Lipinski definition) is 3. The molecule has 2 N–H and O–H groups in total. The number of carbonyl (C=O) groups is 1. The highest BCUT2D eigenvalue weighted by atomic mass is 19.1. The molecule has 1 saturated carbocycles. The third kappa shape index (κ3) is 5.39. The topological polar surface area (TPSA) is 52.6 Å². The summed E-state index contributed by atoms with van der Waals surface area (Å²) in [5, 5.41) is 12.7. The molecule has 2 unspecified atom stereocenters. The number of carbonyl (C=O) groups excluding carboxylic acids is 1. The molecule has 1 aromatic rings. The van der Waals surface area contributed by atoms with Crippen LogP contribution >= 0.6 is 0 Å². The van der Waals surface area contributed by atoms with Gasteiger partial charge >= 0.3 is 0 Å². The zero-order chi connectivity index (χ0) is 15.9. The highest BCUT2D eigenvalue weighted by Gasteiger charge is 2.24. The zero-order valence-corrected chi connectivity index (χ0v) is 13.1. The van der Waals surface area contributed by atoms with Gasteiger partial charge in [0, 0.05) is 25.2 Å². The number of rotatable bonds is 6. The minimum absolute atomic E-state index is 0.123. The Balaban J connectivity index is 1.71. The van der Waals surface area contributed by atoms with Crippen molar-refractivity contribution in [3.05, 3.63) is 30.1 Å². The number of nitrogens with zero attached hydrogens (tertiary/aromatic N) is 1. The van der Waals surface area contributed by atoms with E-state index in [9.17, 15) is 14.3 Å². The first-order valence-corrected chi connectivity index (χ1v) is 7.96. The average molecular weight is 308 g/mol. The molecular weight excluding hydrogens is 283 g/mol. The Morgan fingerprint density at radius 3 is 2.91 bits per heavy atom. The molecular formula is C17H25FN2O2. The van der Waals surface area contributed by atoms with Gasteiger partial charge in [-0.3, -0.25) is 4.79 Å². The van der Waals surface area contributed by atoms with Gasteiger partial charge in [0.25, 0.3) is 0 Å². The number of aliphatic hydroxyl groups excluding tert-OH is 1. The monoisotopic (exact) mass is 308 g/mol. The molecule has 1 aromatic carbocycles. The number of amides is 1. The van der Waals surface area contributed by atoms with Crippen molar-refractivity contribution in [2.24, 2.45) is 5.92 Å². The summed E-state index contributed by atoms with van der Waals surface area (Å²) in [5.74, 6) is -0.173. The van der Waals surface area contributed by atoms with E-state index in [4.69, 9.17) is 0 Å². The van der Waals surface area contributed by atoms with Crippen molar-refractivity contribution in [1.29, 1.82) is 0 Å². The number of anilines is 1. The molecule has 22 heavy (non-hydrogen) atoms. The van der Waals surface area contributed by atoms with E-state index in [1.165, 1.54) is 18.6 Å². The van der Waals surface area contributed by atoms with Crippen LogP contribution in [0.3, 0.4) is 0 Å². The maximum absolute atomic E-state index is 13.0. The van der Waals surface area contributed by atoms with Crippen molar-refractivity contribution in [3.63, 3.8) is 0 Å². The molecule has 5 heteroatoms. The van der Waals surface area contributed by atoms with Gasteiger partial charge < -0.3 is 15.3 Å². The van der Waals surface area contributed by atoms with E-state index in [1.54, 1.807) is 12.1 Å². The van der Waals surface area contributed by atoms with Gasteiger partial charge in [-0.1, -0.05) is 18.9 Å². The molecule has 122 valence electrons. The van der Waals surface area contributed by atoms with Gasteiger partial charge in [-0.2, -0.15) is 0 Å². The lowest BCUT2D eigenvalue weighted by atomic mass is 9.86. The minimum atomic E-state index is -0.360. The standard InChI is InChI=1S/C17H25FN2O2/c1-20(12-13-5-2-3-8-16(13)21)10-9-17(22)19-15-7-4-6-14(18)11-15/h4,6-7,11,13,16,21H,2-3,5,8-10,12H2,1H3,(H,19,22). The van der Waals surface area contributed by atoms with Gasteiger partial charge in [-0.05, 0) is 44.0 Å². The summed E-state index contributed by atoms with van der Waals surface area (Å²) < 4.78 is 13.0. The Hall–Kier alpha value is -1.46. The van der Waals surface area contributed by atoms with Crippen LogP contribution in [0.5, 0.6) is 0 Å². The van der Waals surface area contributed by atoms with E-state index >= 15 is 0 Å². The van der Waals surface area contributed by atoms with Gasteiger partial charge in [0.2, 0.25) is 5.91 Å². The van der Waals surface area contributed by atoms with E-state index in [1.807, 2.05) is 7.05 Å². The highest BCUT2D eigenvalue weighted by molar-refractivity contribution is 5.90. The second-order valence-electron chi connectivity index (χ2n) is 6.18. The molecule has 0 heterocycles. The Morgan fingerprint density at radius 2 is 2.18 bits per heavy atom. The average Bonchev–Trinajstić information content (AvgIpc) is 2.48. The fourth-order valence-electron chi connectivity index (χ4n) is 2.97. The molecule has 0 spiro atoms. The predicted octanol–water partition coefficient (Wildman–Crippen LogP) is 2.64. The summed E-state index contributed by atoms with van der Waals surface area (Å²) in [7, 11) is 1.97. The summed E-state index contributed by atoms with van der Waals surface area (Å²) in [6.45, 7) is 1.44. The van der Waals surface area contributed by atoms with Crippen molar-refractivity contribution in [3.8, 4) is 0 Å². The molecule has 1 aliphatic carbocycles. The van der Waals surface area contributed by atoms with E-state index < -0.39 is 0 Å². The van der Waals surface area contributed by atoms with Crippen molar-refractivity contribution in [2.45, 2.75) is 38.2 Å². The highest BCUT2D eigenvalue weighted by Crippen LogP contribution is 2.24. The molecule has 0 radical (unpaired) electrons. The van der Waals surface area contributed by atoms with Crippen molar-refractivity contribution >= 4 is 11.6 Å². The Labute approximate surface area is 131 Å². The summed E-state index contributed by atoms with van der Waals surface area (Å²) in [6.07, 6.45) is 4.37. The van der Waals surface area contributed by atoms with Gasteiger partial charge in [0.05, 0.1) is 6.10 Å². The summed E-state index contributed by atoms with van der Waals surface area (Å²) in [4.78, 5) is 14.0. The molecule has 0 aliphatic heterocycles. The number of halogens is 1. The molecule has 1 amide bonds. The van der Waals surface area contributed by atoms with E-state index in [-0.39, 0.29) is 17.8 Å². The van der Waals surface area contributed by atoms with Crippen LogP contribution in [0.2, 0.25) is 0 Å². The molecule has 1 fully saturated rings. The van der Waals surface area contributed by atoms with Gasteiger partial charge in [-0.15, -0.1) is 0 Å². The largest absolute Gasteiger partial charge is 0.393 e. The third-order valence-electron chi connectivity index (χ3n) is 4.24. The fourth-order valence-corrected chi connectivity index (χ4v) is 2.97. The number of nitrogens with one attached hydrogen (secondary N) is 1. The molecule has 2 rings (SSSR count). The first kappa shape index (κ1) is 16.9. The molecule has 0 bridgehead atoms. The quantitative estimate of drug-likeness (QED) is 0.849. The van der Waals surface area contributed by atoms with Crippen LogP contribution < -0.4 is 5.32 Å². The third-order valence-corrected chi connectivity index (χ3v) is 4.24.